The van der Waals surface area contributed by atoms with Gasteiger partial charge in [-0.15, -0.1) is 0 Å². The molecule has 1 aromatic rings. The number of β-amino-alcohol motifs (C(OH)–C–C–N with tert-alkyl or cyclic N) is 1. The van der Waals surface area contributed by atoms with Gasteiger partial charge in [-0.05, 0) is 12.1 Å². The van der Waals surface area contributed by atoms with E-state index in [0.29, 0.717) is 31.9 Å². The molecule has 122 valence electrons. The molecule has 2 rings (SSSR count). The SMILES string of the molecule is CN(C)C(=O)C[C@@]1(O)COCCN(Cc2ccc(F)cn2)C1. The molecule has 1 fully saturated rings. The lowest BCUT2D eigenvalue weighted by Crippen LogP contribution is -2.47. The fraction of sp³-hybridized carbons (Fsp3) is 0.600. The molecule has 1 amide bonds. The van der Waals surface area contributed by atoms with Gasteiger partial charge in [0.05, 0.1) is 31.5 Å². The van der Waals surface area contributed by atoms with Gasteiger partial charge in [-0.3, -0.25) is 14.7 Å². The van der Waals surface area contributed by atoms with Crippen molar-refractivity contribution in [3.8, 4) is 0 Å². The van der Waals surface area contributed by atoms with E-state index < -0.39 is 5.60 Å². The summed E-state index contributed by atoms with van der Waals surface area (Å²) in [5.74, 6) is -0.524. The van der Waals surface area contributed by atoms with Gasteiger partial charge in [0.15, 0.2) is 0 Å². The highest BCUT2D eigenvalue weighted by atomic mass is 19.1. The minimum atomic E-state index is -1.22. The van der Waals surface area contributed by atoms with Crippen LogP contribution in [0.3, 0.4) is 0 Å². The molecular weight excluding hydrogens is 289 g/mol. The van der Waals surface area contributed by atoms with E-state index in [9.17, 15) is 14.3 Å². The minimum Gasteiger partial charge on any atom is -0.386 e. The van der Waals surface area contributed by atoms with Crippen LogP contribution in [0.25, 0.3) is 0 Å². The molecule has 0 unspecified atom stereocenters. The molecule has 7 heteroatoms. The molecule has 22 heavy (non-hydrogen) atoms. The highest BCUT2D eigenvalue weighted by Crippen LogP contribution is 2.19. The zero-order chi connectivity index (χ0) is 16.2. The maximum Gasteiger partial charge on any atom is 0.225 e. The Kier molecular flexibility index (Phi) is 5.44. The van der Waals surface area contributed by atoms with Gasteiger partial charge in [0, 0.05) is 33.7 Å². The summed E-state index contributed by atoms with van der Waals surface area (Å²) in [5, 5.41) is 10.7. The van der Waals surface area contributed by atoms with Gasteiger partial charge in [-0.25, -0.2) is 4.39 Å². The van der Waals surface area contributed by atoms with Crippen LogP contribution in [0.4, 0.5) is 4.39 Å². The van der Waals surface area contributed by atoms with E-state index in [1.165, 1.54) is 17.2 Å². The van der Waals surface area contributed by atoms with Crippen molar-refractivity contribution < 1.29 is 19.0 Å². The molecule has 1 N–H and O–H groups in total. The lowest BCUT2D eigenvalue weighted by atomic mass is 9.99. The Morgan fingerprint density at radius 1 is 1.55 bits per heavy atom. The van der Waals surface area contributed by atoms with Crippen LogP contribution >= 0.6 is 0 Å². The normalized spacial score (nSPS) is 23.1. The number of hydrogen-bond donors (Lipinski definition) is 1. The molecule has 1 aromatic heterocycles. The Balaban J connectivity index is 2.02. The zero-order valence-corrected chi connectivity index (χ0v) is 13.0. The summed E-state index contributed by atoms with van der Waals surface area (Å²) in [7, 11) is 3.31. The first-order valence-electron chi connectivity index (χ1n) is 7.21. The van der Waals surface area contributed by atoms with Gasteiger partial charge in [0.1, 0.15) is 11.4 Å². The first-order chi connectivity index (χ1) is 10.4. The second kappa shape index (κ2) is 7.13. The largest absolute Gasteiger partial charge is 0.386 e. The molecule has 1 aliphatic rings. The number of hydrogen-bond acceptors (Lipinski definition) is 5. The number of pyridine rings is 1. The maximum atomic E-state index is 12.9. The molecule has 0 aromatic carbocycles. The summed E-state index contributed by atoms with van der Waals surface area (Å²) >= 11 is 0. The number of nitrogens with zero attached hydrogens (tertiary/aromatic N) is 3. The number of ether oxygens (including phenoxy) is 1. The molecular formula is C15H22FN3O3. The molecule has 1 aliphatic heterocycles. The van der Waals surface area contributed by atoms with Gasteiger partial charge in [-0.1, -0.05) is 0 Å². The average molecular weight is 311 g/mol. The van der Waals surface area contributed by atoms with Gasteiger partial charge < -0.3 is 14.7 Å². The first-order valence-corrected chi connectivity index (χ1v) is 7.21. The molecule has 0 bridgehead atoms. The smallest absolute Gasteiger partial charge is 0.225 e. The summed E-state index contributed by atoms with van der Waals surface area (Å²) < 4.78 is 18.3. The fourth-order valence-electron chi connectivity index (χ4n) is 2.41. The lowest BCUT2D eigenvalue weighted by molar-refractivity contribution is -0.136. The minimum absolute atomic E-state index is 0.00729. The van der Waals surface area contributed by atoms with E-state index in [2.05, 4.69) is 4.98 Å². The third-order valence-corrected chi connectivity index (χ3v) is 3.59. The molecule has 0 aliphatic carbocycles. The molecule has 0 spiro atoms. The van der Waals surface area contributed by atoms with Crippen molar-refractivity contribution in [2.45, 2.75) is 18.6 Å². The predicted molar refractivity (Wildman–Crippen MR) is 78.6 cm³/mol. The number of amides is 1. The zero-order valence-electron chi connectivity index (χ0n) is 13.0. The second-order valence-electron chi connectivity index (χ2n) is 5.92. The van der Waals surface area contributed by atoms with Crippen molar-refractivity contribution in [2.75, 3.05) is 40.4 Å². The topological polar surface area (TPSA) is 65.9 Å². The third kappa shape index (κ3) is 4.72. The quantitative estimate of drug-likeness (QED) is 0.864. The number of carbonyl (C=O) groups is 1. The summed E-state index contributed by atoms with van der Waals surface area (Å²) in [5.41, 5.74) is -0.512. The van der Waals surface area contributed by atoms with Gasteiger partial charge in [0.25, 0.3) is 0 Å². The molecule has 1 saturated heterocycles. The lowest BCUT2D eigenvalue weighted by Gasteiger charge is -2.30. The van der Waals surface area contributed by atoms with Crippen molar-refractivity contribution in [1.29, 1.82) is 0 Å². The highest BCUT2D eigenvalue weighted by molar-refractivity contribution is 5.76. The van der Waals surface area contributed by atoms with Crippen molar-refractivity contribution in [3.05, 3.63) is 29.8 Å². The summed E-state index contributed by atoms with van der Waals surface area (Å²) in [6, 6.07) is 2.98. The monoisotopic (exact) mass is 311 g/mol. The molecule has 0 saturated carbocycles. The third-order valence-electron chi connectivity index (χ3n) is 3.59. The Hall–Kier alpha value is -1.57. The van der Waals surface area contributed by atoms with Crippen LogP contribution in [0.15, 0.2) is 18.3 Å². The van der Waals surface area contributed by atoms with E-state index in [0.717, 1.165) is 0 Å². The summed E-state index contributed by atoms with van der Waals surface area (Å²) in [6.07, 6.45) is 1.18. The van der Waals surface area contributed by atoms with Crippen LogP contribution in [0.2, 0.25) is 0 Å². The number of halogens is 1. The van der Waals surface area contributed by atoms with Crippen LogP contribution in [0.1, 0.15) is 12.1 Å². The van der Waals surface area contributed by atoms with Crippen LogP contribution in [-0.2, 0) is 16.1 Å². The van der Waals surface area contributed by atoms with Crippen molar-refractivity contribution in [3.63, 3.8) is 0 Å². The Bertz CT molecular complexity index is 509. The highest BCUT2D eigenvalue weighted by Gasteiger charge is 2.35. The second-order valence-corrected chi connectivity index (χ2v) is 5.92. The number of rotatable bonds is 4. The first kappa shape index (κ1) is 16.8. The Morgan fingerprint density at radius 2 is 2.32 bits per heavy atom. The predicted octanol–water partition coefficient (Wildman–Crippen LogP) is 0.262. The van der Waals surface area contributed by atoms with E-state index >= 15 is 0 Å². The molecule has 0 radical (unpaired) electrons. The van der Waals surface area contributed by atoms with Crippen LogP contribution in [0, 0.1) is 5.82 Å². The summed E-state index contributed by atoms with van der Waals surface area (Å²) in [4.78, 5) is 19.3. The van der Waals surface area contributed by atoms with Crippen molar-refractivity contribution in [2.24, 2.45) is 0 Å². The maximum absolute atomic E-state index is 12.9. The van der Waals surface area contributed by atoms with E-state index in [1.807, 2.05) is 4.90 Å². The van der Waals surface area contributed by atoms with Gasteiger partial charge >= 0.3 is 0 Å². The standard InChI is InChI=1S/C15H22FN3O3/c1-18(2)14(20)7-15(21)10-19(5-6-22-11-15)9-13-4-3-12(16)8-17-13/h3-4,8,21H,5-7,9-11H2,1-2H3/t15-/m0/s1. The average Bonchev–Trinajstić information content (AvgIpc) is 2.63. The Morgan fingerprint density at radius 3 is 2.95 bits per heavy atom. The van der Waals surface area contributed by atoms with Crippen LogP contribution in [-0.4, -0.2) is 71.8 Å². The Labute approximate surface area is 129 Å². The van der Waals surface area contributed by atoms with Crippen molar-refractivity contribution in [1.82, 2.24) is 14.8 Å². The number of carbonyl (C=O) groups excluding carboxylic acids is 1. The van der Waals surface area contributed by atoms with E-state index in [4.69, 9.17) is 4.74 Å². The summed E-state index contributed by atoms with van der Waals surface area (Å²) in [6.45, 7) is 2.00. The molecule has 6 nitrogen and oxygen atoms in total. The van der Waals surface area contributed by atoms with E-state index in [-0.39, 0.29) is 24.8 Å². The molecule has 1 atom stereocenters. The van der Waals surface area contributed by atoms with Gasteiger partial charge in [-0.2, -0.15) is 0 Å². The van der Waals surface area contributed by atoms with Crippen LogP contribution < -0.4 is 0 Å². The van der Waals surface area contributed by atoms with E-state index in [1.54, 1.807) is 20.2 Å². The van der Waals surface area contributed by atoms with Gasteiger partial charge in [0.2, 0.25) is 5.91 Å². The number of aliphatic hydroxyl groups is 1. The van der Waals surface area contributed by atoms with Crippen molar-refractivity contribution >= 4 is 5.91 Å². The molecule has 2 heterocycles. The number of aromatic nitrogens is 1. The van der Waals surface area contributed by atoms with Crippen LogP contribution in [0.5, 0.6) is 0 Å². The fourth-order valence-corrected chi connectivity index (χ4v) is 2.41.